The van der Waals surface area contributed by atoms with E-state index < -0.39 is 0 Å². The molecule has 4 nitrogen and oxygen atoms in total. The molecule has 1 saturated carbocycles. The van der Waals surface area contributed by atoms with Gasteiger partial charge < -0.3 is 9.80 Å². The summed E-state index contributed by atoms with van der Waals surface area (Å²) >= 11 is 0. The quantitative estimate of drug-likeness (QED) is 0.920. The minimum atomic E-state index is -0.174. The van der Waals surface area contributed by atoms with E-state index in [1.807, 2.05) is 35.2 Å². The molecule has 2 fully saturated rings. The monoisotopic (exact) mass is 287 g/mol. The third kappa shape index (κ3) is 2.70. The van der Waals surface area contributed by atoms with Crippen LogP contribution in [0, 0.1) is 0 Å². The Kier molecular flexibility index (Phi) is 4.00. The molecular weight excluding hydrogens is 262 g/mol. The first kappa shape index (κ1) is 14.5. The Bertz CT molecular complexity index is 494. The van der Waals surface area contributed by atoms with Gasteiger partial charge in [-0.05, 0) is 32.5 Å². The van der Waals surface area contributed by atoms with E-state index in [0.717, 1.165) is 12.1 Å². The van der Waals surface area contributed by atoms with Crippen molar-refractivity contribution in [3.8, 4) is 0 Å². The largest absolute Gasteiger partial charge is 0.326 e. The van der Waals surface area contributed by atoms with Crippen molar-refractivity contribution in [2.45, 2.75) is 37.3 Å². The maximum atomic E-state index is 12.7. The Labute approximate surface area is 127 Å². The zero-order valence-electron chi connectivity index (χ0n) is 13.0. The van der Waals surface area contributed by atoms with Crippen LogP contribution in [0.15, 0.2) is 30.3 Å². The van der Waals surface area contributed by atoms with Crippen molar-refractivity contribution in [3.05, 3.63) is 35.9 Å². The van der Waals surface area contributed by atoms with Crippen LogP contribution in [0.4, 0.5) is 0 Å². The highest BCUT2D eigenvalue weighted by Crippen LogP contribution is 2.35. The van der Waals surface area contributed by atoms with E-state index in [0.29, 0.717) is 6.67 Å². The van der Waals surface area contributed by atoms with Gasteiger partial charge in [-0.1, -0.05) is 43.2 Å². The van der Waals surface area contributed by atoms with Gasteiger partial charge in [0.25, 0.3) is 0 Å². The highest BCUT2D eigenvalue weighted by atomic mass is 16.2. The fraction of sp³-hybridized carbons (Fsp3) is 0.588. The number of amides is 1. The minimum absolute atomic E-state index is 0.170. The van der Waals surface area contributed by atoms with Gasteiger partial charge in [0, 0.05) is 12.1 Å². The third-order valence-electron chi connectivity index (χ3n) is 5.15. The molecule has 2 aliphatic rings. The van der Waals surface area contributed by atoms with Gasteiger partial charge in [0.1, 0.15) is 6.04 Å². The molecule has 1 amide bonds. The minimum Gasteiger partial charge on any atom is -0.326 e. The highest BCUT2D eigenvalue weighted by Gasteiger charge is 2.42. The Balaban J connectivity index is 1.72. The molecule has 1 unspecified atom stereocenters. The summed E-state index contributed by atoms with van der Waals surface area (Å²) in [6, 6.07) is 9.84. The summed E-state index contributed by atoms with van der Waals surface area (Å²) in [6.45, 7) is 1.50. The van der Waals surface area contributed by atoms with E-state index in [1.54, 1.807) is 0 Å². The van der Waals surface area contributed by atoms with Crippen molar-refractivity contribution >= 4 is 5.91 Å². The van der Waals surface area contributed by atoms with E-state index in [1.165, 1.54) is 25.7 Å². The van der Waals surface area contributed by atoms with Crippen LogP contribution < -0.4 is 5.32 Å². The second-order valence-corrected chi connectivity index (χ2v) is 6.57. The molecule has 1 N–H and O–H groups in total. The zero-order valence-corrected chi connectivity index (χ0v) is 13.0. The number of likely N-dealkylation sites (N-methyl/N-ethyl adjacent to an activating group) is 1. The number of carbonyl (C=O) groups excluding carboxylic acids is 1. The number of rotatable bonds is 4. The molecule has 1 saturated heterocycles. The SMILES string of the molecule is CN(C)C1(CN2CNC(c3ccccc3)C2=O)CCCC1. The third-order valence-corrected chi connectivity index (χ3v) is 5.15. The Morgan fingerprint density at radius 2 is 1.90 bits per heavy atom. The number of nitrogens with one attached hydrogen (secondary N) is 1. The lowest BCUT2D eigenvalue weighted by atomic mass is 9.95. The highest BCUT2D eigenvalue weighted by molar-refractivity contribution is 5.85. The second-order valence-electron chi connectivity index (χ2n) is 6.57. The molecule has 0 spiro atoms. The van der Waals surface area contributed by atoms with Gasteiger partial charge in [0.2, 0.25) is 5.91 Å². The summed E-state index contributed by atoms with van der Waals surface area (Å²) in [5, 5.41) is 3.36. The first-order valence-corrected chi connectivity index (χ1v) is 7.87. The molecule has 1 aromatic rings. The van der Waals surface area contributed by atoms with E-state index in [9.17, 15) is 4.79 Å². The predicted octanol–water partition coefficient (Wildman–Crippen LogP) is 1.99. The Morgan fingerprint density at radius 1 is 1.24 bits per heavy atom. The molecule has 1 aromatic carbocycles. The van der Waals surface area contributed by atoms with Crippen LogP contribution in [-0.4, -0.2) is 48.6 Å². The van der Waals surface area contributed by atoms with Gasteiger partial charge in [-0.25, -0.2) is 0 Å². The number of carbonyl (C=O) groups is 1. The molecule has 3 rings (SSSR count). The van der Waals surface area contributed by atoms with E-state index in [4.69, 9.17) is 0 Å². The van der Waals surface area contributed by atoms with Gasteiger partial charge in [0.05, 0.1) is 6.67 Å². The van der Waals surface area contributed by atoms with Crippen molar-refractivity contribution in [2.75, 3.05) is 27.3 Å². The lowest BCUT2D eigenvalue weighted by Crippen LogP contribution is -2.51. The van der Waals surface area contributed by atoms with Gasteiger partial charge in [-0.2, -0.15) is 0 Å². The fourth-order valence-corrected chi connectivity index (χ4v) is 3.72. The molecule has 114 valence electrons. The van der Waals surface area contributed by atoms with Gasteiger partial charge in [0.15, 0.2) is 0 Å². The van der Waals surface area contributed by atoms with Gasteiger partial charge in [-0.3, -0.25) is 10.1 Å². The average Bonchev–Trinajstić information content (AvgIpc) is 3.10. The van der Waals surface area contributed by atoms with Crippen LogP contribution in [0.5, 0.6) is 0 Å². The summed E-state index contributed by atoms with van der Waals surface area (Å²) in [5.41, 5.74) is 1.23. The molecule has 0 radical (unpaired) electrons. The summed E-state index contributed by atoms with van der Waals surface area (Å²) in [4.78, 5) is 17.0. The van der Waals surface area contributed by atoms with Crippen LogP contribution >= 0.6 is 0 Å². The van der Waals surface area contributed by atoms with Crippen LogP contribution in [0.25, 0.3) is 0 Å². The molecule has 1 heterocycles. The van der Waals surface area contributed by atoms with Crippen molar-refractivity contribution in [2.24, 2.45) is 0 Å². The standard InChI is InChI=1S/C17H25N3O/c1-19(2)17(10-6-7-11-17)12-20-13-18-15(16(20)21)14-8-4-3-5-9-14/h3-5,8-9,15,18H,6-7,10-13H2,1-2H3. The van der Waals surface area contributed by atoms with Crippen molar-refractivity contribution in [1.82, 2.24) is 15.1 Å². The van der Waals surface area contributed by atoms with E-state index >= 15 is 0 Å². The fourth-order valence-electron chi connectivity index (χ4n) is 3.72. The van der Waals surface area contributed by atoms with Crippen LogP contribution in [-0.2, 0) is 4.79 Å². The number of hydrogen-bond acceptors (Lipinski definition) is 3. The number of nitrogens with zero attached hydrogens (tertiary/aromatic N) is 2. The Hall–Kier alpha value is -1.39. The lowest BCUT2D eigenvalue weighted by molar-refractivity contribution is -0.130. The van der Waals surface area contributed by atoms with Crippen molar-refractivity contribution in [1.29, 1.82) is 0 Å². The van der Waals surface area contributed by atoms with Crippen molar-refractivity contribution in [3.63, 3.8) is 0 Å². The second kappa shape index (κ2) is 5.78. The van der Waals surface area contributed by atoms with E-state index in [2.05, 4.69) is 24.3 Å². The molecule has 1 aliphatic carbocycles. The van der Waals surface area contributed by atoms with Crippen LogP contribution in [0.1, 0.15) is 37.3 Å². The van der Waals surface area contributed by atoms with Crippen molar-refractivity contribution < 1.29 is 4.79 Å². The molecule has 21 heavy (non-hydrogen) atoms. The topological polar surface area (TPSA) is 35.6 Å². The summed E-state index contributed by atoms with van der Waals surface area (Å²) in [5.74, 6) is 0.217. The molecule has 1 atom stereocenters. The molecule has 0 bridgehead atoms. The molecule has 0 aromatic heterocycles. The first-order chi connectivity index (χ1) is 10.1. The number of benzene rings is 1. The first-order valence-electron chi connectivity index (χ1n) is 7.87. The lowest BCUT2D eigenvalue weighted by Gasteiger charge is -2.39. The summed E-state index contributed by atoms with van der Waals surface area (Å²) in [7, 11) is 4.29. The molecule has 1 aliphatic heterocycles. The van der Waals surface area contributed by atoms with Crippen LogP contribution in [0.2, 0.25) is 0 Å². The Morgan fingerprint density at radius 3 is 2.52 bits per heavy atom. The zero-order chi connectivity index (χ0) is 14.9. The molecular formula is C17H25N3O. The van der Waals surface area contributed by atoms with Crippen LogP contribution in [0.3, 0.4) is 0 Å². The number of hydrogen-bond donors (Lipinski definition) is 1. The maximum Gasteiger partial charge on any atom is 0.245 e. The van der Waals surface area contributed by atoms with Gasteiger partial charge >= 0.3 is 0 Å². The summed E-state index contributed by atoms with van der Waals surface area (Å²) < 4.78 is 0. The maximum absolute atomic E-state index is 12.7. The molecule has 4 heteroatoms. The average molecular weight is 287 g/mol. The van der Waals surface area contributed by atoms with Gasteiger partial charge in [-0.15, -0.1) is 0 Å². The van der Waals surface area contributed by atoms with E-state index in [-0.39, 0.29) is 17.5 Å². The predicted molar refractivity (Wildman–Crippen MR) is 83.8 cm³/mol. The smallest absolute Gasteiger partial charge is 0.245 e. The normalized spacial score (nSPS) is 25.0. The summed E-state index contributed by atoms with van der Waals surface area (Å²) in [6.07, 6.45) is 4.94.